The van der Waals surface area contributed by atoms with E-state index in [9.17, 15) is 0 Å². The van der Waals surface area contributed by atoms with E-state index in [0.29, 0.717) is 0 Å². The third-order valence-corrected chi connectivity index (χ3v) is 3.06. The van der Waals surface area contributed by atoms with Crippen LogP contribution < -0.4 is 10.1 Å². The number of aromatic nitrogens is 2. The van der Waals surface area contributed by atoms with Gasteiger partial charge in [-0.2, -0.15) is 0 Å². The molecular weight excluding hydrogens is 226 g/mol. The Morgan fingerprint density at radius 3 is 2.89 bits per heavy atom. The molecule has 0 saturated heterocycles. The van der Waals surface area contributed by atoms with Gasteiger partial charge in [0.2, 0.25) is 0 Å². The number of ether oxygens (including phenoxy) is 1. The van der Waals surface area contributed by atoms with Crippen molar-refractivity contribution in [1.29, 1.82) is 0 Å². The minimum atomic E-state index is 0.203. The summed E-state index contributed by atoms with van der Waals surface area (Å²) < 4.78 is 7.50. The van der Waals surface area contributed by atoms with Crippen LogP contribution in [0.25, 0.3) is 0 Å². The second-order valence-corrected chi connectivity index (χ2v) is 4.35. The first-order valence-electron chi connectivity index (χ1n) is 6.02. The maximum absolute atomic E-state index is 5.44. The highest BCUT2D eigenvalue weighted by Gasteiger charge is 2.15. The molecule has 0 saturated carbocycles. The molecule has 2 rings (SSSR count). The third-order valence-electron chi connectivity index (χ3n) is 3.06. The maximum atomic E-state index is 5.44. The van der Waals surface area contributed by atoms with Crippen LogP contribution in [0.4, 0.5) is 0 Å². The van der Waals surface area contributed by atoms with Crippen molar-refractivity contribution in [3.8, 4) is 5.75 Å². The Kier molecular flexibility index (Phi) is 3.99. The van der Waals surface area contributed by atoms with Crippen LogP contribution in [0.15, 0.2) is 36.9 Å². The Balaban J connectivity index is 2.28. The Labute approximate surface area is 108 Å². The lowest BCUT2D eigenvalue weighted by atomic mass is 10.0. The van der Waals surface area contributed by atoms with E-state index in [4.69, 9.17) is 4.74 Å². The largest absolute Gasteiger partial charge is 0.496 e. The molecule has 1 heterocycles. The number of hydrogen-bond acceptors (Lipinski definition) is 3. The molecule has 4 heteroatoms. The lowest BCUT2D eigenvalue weighted by molar-refractivity contribution is 0.394. The van der Waals surface area contributed by atoms with Crippen LogP contribution in [-0.2, 0) is 6.54 Å². The van der Waals surface area contributed by atoms with Gasteiger partial charge in [-0.1, -0.05) is 17.7 Å². The van der Waals surface area contributed by atoms with Gasteiger partial charge in [-0.25, -0.2) is 4.98 Å². The number of nitrogens with one attached hydrogen (secondary N) is 1. The number of hydrogen-bond donors (Lipinski definition) is 1. The highest BCUT2D eigenvalue weighted by molar-refractivity contribution is 5.39. The first-order valence-corrected chi connectivity index (χ1v) is 6.02. The maximum Gasteiger partial charge on any atom is 0.123 e. The first kappa shape index (κ1) is 12.6. The molecule has 0 amide bonds. The van der Waals surface area contributed by atoms with Crippen LogP contribution >= 0.6 is 0 Å². The predicted molar refractivity (Wildman–Crippen MR) is 71.8 cm³/mol. The minimum Gasteiger partial charge on any atom is -0.496 e. The van der Waals surface area contributed by atoms with Crippen molar-refractivity contribution in [3.05, 3.63) is 48.0 Å². The summed E-state index contributed by atoms with van der Waals surface area (Å²) in [5.74, 6) is 0.917. The number of rotatable bonds is 5. The fourth-order valence-corrected chi connectivity index (χ4v) is 2.08. The van der Waals surface area contributed by atoms with Crippen molar-refractivity contribution >= 4 is 0 Å². The van der Waals surface area contributed by atoms with Gasteiger partial charge in [-0.3, -0.25) is 0 Å². The van der Waals surface area contributed by atoms with E-state index in [0.717, 1.165) is 12.3 Å². The Morgan fingerprint density at radius 1 is 1.44 bits per heavy atom. The van der Waals surface area contributed by atoms with Crippen molar-refractivity contribution in [1.82, 2.24) is 14.9 Å². The van der Waals surface area contributed by atoms with Crippen LogP contribution in [0.2, 0.25) is 0 Å². The van der Waals surface area contributed by atoms with Crippen LogP contribution in [0.3, 0.4) is 0 Å². The Morgan fingerprint density at radius 2 is 2.28 bits per heavy atom. The van der Waals surface area contributed by atoms with Gasteiger partial charge in [0.15, 0.2) is 0 Å². The molecule has 0 aliphatic rings. The highest BCUT2D eigenvalue weighted by atomic mass is 16.5. The first-order chi connectivity index (χ1) is 8.74. The SMILES string of the molecule is CNC(Cn1ccnc1)c1cc(C)ccc1OC. The molecular formula is C14H19N3O. The molecule has 2 aromatic rings. The summed E-state index contributed by atoms with van der Waals surface area (Å²) in [6.07, 6.45) is 5.58. The predicted octanol–water partition coefficient (Wildman–Crippen LogP) is 2.16. The van der Waals surface area contributed by atoms with Gasteiger partial charge in [0, 0.05) is 24.5 Å². The summed E-state index contributed by atoms with van der Waals surface area (Å²) in [5, 5.41) is 3.33. The van der Waals surface area contributed by atoms with Crippen LogP contribution in [-0.4, -0.2) is 23.7 Å². The molecule has 0 spiro atoms. The molecule has 1 aromatic carbocycles. The van der Waals surface area contributed by atoms with Crippen molar-refractivity contribution in [2.75, 3.05) is 14.2 Å². The van der Waals surface area contributed by atoms with E-state index in [-0.39, 0.29) is 6.04 Å². The molecule has 1 N–H and O–H groups in total. The zero-order chi connectivity index (χ0) is 13.0. The van der Waals surface area contributed by atoms with Crippen LogP contribution in [0.1, 0.15) is 17.2 Å². The zero-order valence-electron chi connectivity index (χ0n) is 11.1. The smallest absolute Gasteiger partial charge is 0.123 e. The van der Waals surface area contributed by atoms with Gasteiger partial charge in [-0.05, 0) is 20.0 Å². The highest BCUT2D eigenvalue weighted by Crippen LogP contribution is 2.27. The number of aryl methyl sites for hydroxylation is 1. The zero-order valence-corrected chi connectivity index (χ0v) is 11.1. The fourth-order valence-electron chi connectivity index (χ4n) is 2.08. The van der Waals surface area contributed by atoms with Crippen molar-refractivity contribution < 1.29 is 4.74 Å². The quantitative estimate of drug-likeness (QED) is 0.877. The van der Waals surface area contributed by atoms with Gasteiger partial charge in [0.1, 0.15) is 5.75 Å². The lowest BCUT2D eigenvalue weighted by Gasteiger charge is -2.20. The van der Waals surface area contributed by atoms with Gasteiger partial charge in [0.25, 0.3) is 0 Å². The Bertz CT molecular complexity index is 494. The molecule has 0 radical (unpaired) electrons. The molecule has 96 valence electrons. The topological polar surface area (TPSA) is 39.1 Å². The monoisotopic (exact) mass is 245 g/mol. The van der Waals surface area contributed by atoms with Crippen molar-refractivity contribution in [2.24, 2.45) is 0 Å². The lowest BCUT2D eigenvalue weighted by Crippen LogP contribution is -2.22. The number of imidazole rings is 1. The van der Waals surface area contributed by atoms with E-state index < -0.39 is 0 Å². The standard InChI is InChI=1S/C14H19N3O/c1-11-4-5-14(18-3)12(8-11)13(15-2)9-17-7-6-16-10-17/h4-8,10,13,15H,9H2,1-3H3. The van der Waals surface area contributed by atoms with E-state index in [1.165, 1.54) is 11.1 Å². The third kappa shape index (κ3) is 2.71. The van der Waals surface area contributed by atoms with Gasteiger partial charge in [0.05, 0.1) is 19.5 Å². The van der Waals surface area contributed by atoms with Crippen LogP contribution in [0, 0.1) is 6.92 Å². The van der Waals surface area contributed by atoms with Crippen LogP contribution in [0.5, 0.6) is 5.75 Å². The summed E-state index contributed by atoms with van der Waals surface area (Å²) in [7, 11) is 3.67. The molecule has 1 unspecified atom stereocenters. The summed E-state index contributed by atoms with van der Waals surface area (Å²) in [6, 6.07) is 6.45. The summed E-state index contributed by atoms with van der Waals surface area (Å²) in [5.41, 5.74) is 2.41. The molecule has 18 heavy (non-hydrogen) atoms. The van der Waals surface area contributed by atoms with Gasteiger partial charge < -0.3 is 14.6 Å². The molecule has 4 nitrogen and oxygen atoms in total. The second kappa shape index (κ2) is 5.69. The number of benzene rings is 1. The molecule has 0 fully saturated rings. The number of methoxy groups -OCH3 is 1. The summed E-state index contributed by atoms with van der Waals surface area (Å²) in [4.78, 5) is 4.07. The normalized spacial score (nSPS) is 12.4. The molecule has 1 aromatic heterocycles. The molecule has 0 bridgehead atoms. The number of likely N-dealkylation sites (N-methyl/N-ethyl adjacent to an activating group) is 1. The van der Waals surface area contributed by atoms with E-state index in [2.05, 4.69) is 33.9 Å². The van der Waals surface area contributed by atoms with Crippen molar-refractivity contribution in [2.45, 2.75) is 19.5 Å². The molecule has 0 aliphatic heterocycles. The van der Waals surface area contributed by atoms with E-state index >= 15 is 0 Å². The fraction of sp³-hybridized carbons (Fsp3) is 0.357. The average molecular weight is 245 g/mol. The van der Waals surface area contributed by atoms with E-state index in [1.807, 2.05) is 25.6 Å². The Hall–Kier alpha value is -1.81. The van der Waals surface area contributed by atoms with Crippen molar-refractivity contribution in [3.63, 3.8) is 0 Å². The van der Waals surface area contributed by atoms with E-state index in [1.54, 1.807) is 13.3 Å². The summed E-state index contributed by atoms with van der Waals surface area (Å²) in [6.45, 7) is 2.92. The number of nitrogens with zero attached hydrogens (tertiary/aromatic N) is 2. The average Bonchev–Trinajstić information content (AvgIpc) is 2.88. The minimum absolute atomic E-state index is 0.203. The van der Waals surface area contributed by atoms with Gasteiger partial charge >= 0.3 is 0 Å². The summed E-state index contributed by atoms with van der Waals surface area (Å²) >= 11 is 0. The molecule has 0 aliphatic carbocycles. The second-order valence-electron chi connectivity index (χ2n) is 4.35. The van der Waals surface area contributed by atoms with Gasteiger partial charge in [-0.15, -0.1) is 0 Å². The molecule has 1 atom stereocenters.